The highest BCUT2D eigenvalue weighted by Crippen LogP contribution is 2.33. The zero-order valence-electron chi connectivity index (χ0n) is 14.6. The fraction of sp³-hybridized carbons (Fsp3) is 0.278. The van der Waals surface area contributed by atoms with Crippen LogP contribution in [0.1, 0.15) is 20.8 Å². The molecule has 0 fully saturated rings. The van der Waals surface area contributed by atoms with E-state index in [2.05, 4.69) is 10.0 Å². The number of benzene rings is 2. The van der Waals surface area contributed by atoms with Crippen LogP contribution in [-0.2, 0) is 14.8 Å². The summed E-state index contributed by atoms with van der Waals surface area (Å²) in [5.74, 6) is 0.546. The summed E-state index contributed by atoms with van der Waals surface area (Å²) in [6.07, 6.45) is -0.720. The van der Waals surface area contributed by atoms with E-state index in [0.29, 0.717) is 22.9 Å². The summed E-state index contributed by atoms with van der Waals surface area (Å²) >= 11 is 0. The summed E-state index contributed by atoms with van der Waals surface area (Å²) in [5.41, 5.74) is 0.663. The zero-order chi connectivity index (χ0) is 18.9. The molecule has 1 aliphatic rings. The molecule has 0 saturated heterocycles. The quantitative estimate of drug-likeness (QED) is 0.837. The van der Waals surface area contributed by atoms with E-state index in [1.807, 2.05) is 13.8 Å². The minimum absolute atomic E-state index is 0.00838. The van der Waals surface area contributed by atoms with Crippen molar-refractivity contribution in [1.82, 2.24) is 0 Å². The molecule has 1 unspecified atom stereocenters. The van der Waals surface area contributed by atoms with Gasteiger partial charge in [-0.2, -0.15) is 0 Å². The first-order valence-corrected chi connectivity index (χ1v) is 9.64. The van der Waals surface area contributed by atoms with Crippen molar-refractivity contribution < 1.29 is 22.7 Å². The highest BCUT2D eigenvalue weighted by molar-refractivity contribution is 7.92. The van der Waals surface area contributed by atoms with Crippen LogP contribution in [0.4, 0.5) is 11.4 Å². The van der Waals surface area contributed by atoms with Crippen molar-refractivity contribution in [1.29, 1.82) is 0 Å². The fourth-order valence-electron chi connectivity index (χ4n) is 2.47. The van der Waals surface area contributed by atoms with Crippen LogP contribution in [0.25, 0.3) is 0 Å². The molecule has 2 aromatic carbocycles. The number of carbonyl (C=O) groups excluding carboxylic acids is 1. The van der Waals surface area contributed by atoms with Crippen LogP contribution in [0, 0.1) is 0 Å². The predicted molar refractivity (Wildman–Crippen MR) is 98.2 cm³/mol. The molecule has 3 rings (SSSR count). The molecular formula is C18H20N2O5S. The van der Waals surface area contributed by atoms with Gasteiger partial charge < -0.3 is 14.8 Å². The summed E-state index contributed by atoms with van der Waals surface area (Å²) < 4.78 is 39.1. The number of amides is 1. The summed E-state index contributed by atoms with van der Waals surface area (Å²) in [5, 5.41) is 2.64. The lowest BCUT2D eigenvalue weighted by Crippen LogP contribution is -2.34. The molecule has 1 atom stereocenters. The van der Waals surface area contributed by atoms with Crippen LogP contribution in [0.2, 0.25) is 0 Å². The van der Waals surface area contributed by atoms with Gasteiger partial charge in [-0.05, 0) is 51.1 Å². The number of fused-ring (bicyclic) bond motifs is 1. The second kappa shape index (κ2) is 6.87. The van der Waals surface area contributed by atoms with Crippen molar-refractivity contribution >= 4 is 27.3 Å². The van der Waals surface area contributed by atoms with Gasteiger partial charge in [0.05, 0.1) is 22.4 Å². The van der Waals surface area contributed by atoms with Gasteiger partial charge in [-0.1, -0.05) is 12.1 Å². The average molecular weight is 376 g/mol. The van der Waals surface area contributed by atoms with E-state index in [-0.39, 0.29) is 16.9 Å². The molecule has 1 heterocycles. The third kappa shape index (κ3) is 3.75. The minimum Gasteiger partial charge on any atom is -0.489 e. The van der Waals surface area contributed by atoms with E-state index in [1.54, 1.807) is 31.2 Å². The van der Waals surface area contributed by atoms with Crippen molar-refractivity contribution in [2.75, 3.05) is 10.0 Å². The second-order valence-corrected chi connectivity index (χ2v) is 7.86. The summed E-state index contributed by atoms with van der Waals surface area (Å²) in [6.45, 7) is 5.34. The van der Waals surface area contributed by atoms with E-state index >= 15 is 0 Å². The van der Waals surface area contributed by atoms with Crippen LogP contribution in [0.5, 0.6) is 11.5 Å². The first kappa shape index (κ1) is 18.1. The molecule has 138 valence electrons. The topological polar surface area (TPSA) is 93.7 Å². The van der Waals surface area contributed by atoms with Gasteiger partial charge in [-0.25, -0.2) is 8.42 Å². The second-order valence-electron chi connectivity index (χ2n) is 6.18. The number of carbonyl (C=O) groups is 1. The molecule has 0 spiro atoms. The SMILES string of the molecule is CC(C)Oc1ccccc1NS(=O)(=O)c1ccc2c(c1)NC(=O)C(C)O2. The third-order valence-corrected chi connectivity index (χ3v) is 5.05. The Morgan fingerprint density at radius 2 is 1.92 bits per heavy atom. The minimum atomic E-state index is -3.87. The number of hydrogen-bond donors (Lipinski definition) is 2. The maximum Gasteiger partial charge on any atom is 0.265 e. The maximum atomic E-state index is 12.8. The number of hydrogen-bond acceptors (Lipinski definition) is 5. The van der Waals surface area contributed by atoms with Crippen LogP contribution < -0.4 is 19.5 Å². The lowest BCUT2D eigenvalue weighted by atomic mass is 10.2. The van der Waals surface area contributed by atoms with Crippen molar-refractivity contribution in [3.8, 4) is 11.5 Å². The number of anilines is 2. The molecule has 8 heteroatoms. The lowest BCUT2D eigenvalue weighted by Gasteiger charge is -2.23. The molecular weight excluding hydrogens is 356 g/mol. The predicted octanol–water partition coefficient (Wildman–Crippen LogP) is 2.99. The Morgan fingerprint density at radius 3 is 2.65 bits per heavy atom. The number of ether oxygens (including phenoxy) is 2. The number of para-hydroxylation sites is 2. The van der Waals surface area contributed by atoms with E-state index < -0.39 is 16.1 Å². The monoisotopic (exact) mass is 376 g/mol. The third-order valence-electron chi connectivity index (χ3n) is 3.69. The summed E-state index contributed by atoms with van der Waals surface area (Å²) in [6, 6.07) is 11.1. The lowest BCUT2D eigenvalue weighted by molar-refractivity contribution is -0.122. The Kier molecular flexibility index (Phi) is 4.78. The zero-order valence-corrected chi connectivity index (χ0v) is 15.5. The average Bonchev–Trinajstić information content (AvgIpc) is 2.56. The van der Waals surface area contributed by atoms with Gasteiger partial charge in [0.1, 0.15) is 11.5 Å². The molecule has 0 aliphatic carbocycles. The van der Waals surface area contributed by atoms with E-state index in [0.717, 1.165) is 0 Å². The van der Waals surface area contributed by atoms with Crippen LogP contribution >= 0.6 is 0 Å². The Hall–Kier alpha value is -2.74. The van der Waals surface area contributed by atoms with Gasteiger partial charge in [0.15, 0.2) is 6.10 Å². The van der Waals surface area contributed by atoms with Gasteiger partial charge in [0.25, 0.3) is 15.9 Å². The van der Waals surface area contributed by atoms with Gasteiger partial charge in [-0.3, -0.25) is 9.52 Å². The molecule has 2 N–H and O–H groups in total. The highest BCUT2D eigenvalue weighted by Gasteiger charge is 2.26. The standard InChI is InChI=1S/C18H20N2O5S/c1-11(2)24-16-7-5-4-6-14(16)20-26(22,23)13-8-9-17-15(10-13)19-18(21)12(3)25-17/h4-12,20H,1-3H3,(H,19,21). The highest BCUT2D eigenvalue weighted by atomic mass is 32.2. The molecule has 1 aliphatic heterocycles. The fourth-order valence-corrected chi connectivity index (χ4v) is 3.56. The van der Waals surface area contributed by atoms with Gasteiger partial charge in [0, 0.05) is 0 Å². The Labute approximate surface area is 152 Å². The largest absolute Gasteiger partial charge is 0.489 e. The van der Waals surface area contributed by atoms with Gasteiger partial charge in [0.2, 0.25) is 0 Å². The van der Waals surface area contributed by atoms with Crippen LogP contribution in [-0.4, -0.2) is 26.5 Å². The molecule has 0 saturated carbocycles. The Morgan fingerprint density at radius 1 is 1.19 bits per heavy atom. The van der Waals surface area contributed by atoms with Gasteiger partial charge in [-0.15, -0.1) is 0 Å². The molecule has 0 bridgehead atoms. The van der Waals surface area contributed by atoms with Gasteiger partial charge >= 0.3 is 0 Å². The molecule has 0 aromatic heterocycles. The number of sulfonamides is 1. The van der Waals surface area contributed by atoms with Crippen molar-refractivity contribution in [2.45, 2.75) is 37.9 Å². The van der Waals surface area contributed by atoms with E-state index in [9.17, 15) is 13.2 Å². The number of rotatable bonds is 5. The smallest absolute Gasteiger partial charge is 0.265 e. The summed E-state index contributed by atoms with van der Waals surface area (Å²) in [4.78, 5) is 11.7. The van der Waals surface area contributed by atoms with Crippen LogP contribution in [0.15, 0.2) is 47.4 Å². The molecule has 1 amide bonds. The maximum absolute atomic E-state index is 12.8. The first-order valence-electron chi connectivity index (χ1n) is 8.16. The van der Waals surface area contributed by atoms with Crippen molar-refractivity contribution in [2.24, 2.45) is 0 Å². The van der Waals surface area contributed by atoms with Crippen LogP contribution in [0.3, 0.4) is 0 Å². The normalized spacial score (nSPS) is 16.5. The summed E-state index contributed by atoms with van der Waals surface area (Å²) in [7, 11) is -3.87. The van der Waals surface area contributed by atoms with Crippen molar-refractivity contribution in [3.05, 3.63) is 42.5 Å². The van der Waals surface area contributed by atoms with E-state index in [1.165, 1.54) is 18.2 Å². The van der Waals surface area contributed by atoms with E-state index in [4.69, 9.17) is 9.47 Å². The molecule has 0 radical (unpaired) electrons. The van der Waals surface area contributed by atoms with Crippen molar-refractivity contribution in [3.63, 3.8) is 0 Å². The Balaban J connectivity index is 1.90. The number of nitrogens with one attached hydrogen (secondary N) is 2. The Bertz CT molecular complexity index is 940. The molecule has 26 heavy (non-hydrogen) atoms. The molecule has 7 nitrogen and oxygen atoms in total. The first-order chi connectivity index (χ1) is 12.3. The molecule has 2 aromatic rings.